The van der Waals surface area contributed by atoms with E-state index in [0.29, 0.717) is 5.56 Å². The van der Waals surface area contributed by atoms with Crippen molar-refractivity contribution in [3.63, 3.8) is 0 Å². The van der Waals surface area contributed by atoms with Crippen molar-refractivity contribution in [3.05, 3.63) is 29.3 Å². The summed E-state index contributed by atoms with van der Waals surface area (Å²) in [6.07, 6.45) is 0. The SMILES string of the molecule is NC(=O)c1ccc2c(c1)S(=O)(=O)NC2. The number of nitrogens with two attached hydrogens (primary N) is 1. The third kappa shape index (κ3) is 1.28. The molecule has 1 aromatic carbocycles. The summed E-state index contributed by atoms with van der Waals surface area (Å²) >= 11 is 0. The number of benzene rings is 1. The first-order valence-electron chi connectivity index (χ1n) is 3.93. The molecule has 3 N–H and O–H groups in total. The van der Waals surface area contributed by atoms with Gasteiger partial charge in [-0.15, -0.1) is 0 Å². The minimum Gasteiger partial charge on any atom is -0.366 e. The van der Waals surface area contributed by atoms with Gasteiger partial charge >= 0.3 is 0 Å². The third-order valence-corrected chi connectivity index (χ3v) is 3.58. The van der Waals surface area contributed by atoms with Crippen molar-refractivity contribution in [1.82, 2.24) is 4.72 Å². The highest BCUT2D eigenvalue weighted by Gasteiger charge is 2.25. The molecule has 0 fully saturated rings. The predicted octanol–water partition coefficient (Wildman–Crippen LogP) is -0.423. The van der Waals surface area contributed by atoms with Gasteiger partial charge in [0, 0.05) is 12.1 Å². The molecule has 2 rings (SSSR count). The molecule has 0 spiro atoms. The third-order valence-electron chi connectivity index (χ3n) is 2.09. The number of sulfonamides is 1. The molecule has 74 valence electrons. The van der Waals surface area contributed by atoms with Crippen LogP contribution in [0.2, 0.25) is 0 Å². The van der Waals surface area contributed by atoms with Gasteiger partial charge in [-0.05, 0) is 17.7 Å². The van der Waals surface area contributed by atoms with E-state index in [1.807, 2.05) is 0 Å². The van der Waals surface area contributed by atoms with E-state index in [1.165, 1.54) is 12.1 Å². The quantitative estimate of drug-likeness (QED) is 0.662. The van der Waals surface area contributed by atoms with Gasteiger partial charge in [-0.2, -0.15) is 0 Å². The Kier molecular flexibility index (Phi) is 1.83. The topological polar surface area (TPSA) is 89.3 Å². The summed E-state index contributed by atoms with van der Waals surface area (Å²) in [6, 6.07) is 4.41. The van der Waals surface area contributed by atoms with Gasteiger partial charge in [0.25, 0.3) is 0 Å². The molecule has 1 aromatic rings. The van der Waals surface area contributed by atoms with Gasteiger partial charge in [0.15, 0.2) is 0 Å². The average Bonchev–Trinajstić information content (AvgIpc) is 2.42. The van der Waals surface area contributed by atoms with Gasteiger partial charge in [-0.25, -0.2) is 13.1 Å². The number of amides is 1. The molecular weight excluding hydrogens is 204 g/mol. The van der Waals surface area contributed by atoms with E-state index >= 15 is 0 Å². The molecular formula is C8H8N2O3S. The summed E-state index contributed by atoms with van der Waals surface area (Å²) in [4.78, 5) is 11.0. The second kappa shape index (κ2) is 2.79. The van der Waals surface area contributed by atoms with Crippen LogP contribution in [0, 0.1) is 0 Å². The molecule has 1 aliphatic rings. The van der Waals surface area contributed by atoms with Crippen LogP contribution in [0.4, 0.5) is 0 Å². The predicted molar refractivity (Wildman–Crippen MR) is 49.0 cm³/mol. The number of hydrogen-bond donors (Lipinski definition) is 2. The molecule has 0 aliphatic carbocycles. The Balaban J connectivity index is 2.65. The molecule has 1 heterocycles. The molecule has 0 bridgehead atoms. The molecule has 0 unspecified atom stereocenters. The monoisotopic (exact) mass is 212 g/mol. The van der Waals surface area contributed by atoms with Crippen molar-refractivity contribution in [3.8, 4) is 0 Å². The number of hydrogen-bond acceptors (Lipinski definition) is 3. The van der Waals surface area contributed by atoms with Crippen LogP contribution in [0.15, 0.2) is 23.1 Å². The Morgan fingerprint density at radius 1 is 1.43 bits per heavy atom. The molecule has 0 radical (unpaired) electrons. The van der Waals surface area contributed by atoms with Crippen molar-refractivity contribution < 1.29 is 13.2 Å². The van der Waals surface area contributed by atoms with Crippen LogP contribution >= 0.6 is 0 Å². The van der Waals surface area contributed by atoms with Crippen LogP contribution in [-0.4, -0.2) is 14.3 Å². The van der Waals surface area contributed by atoms with Crippen LogP contribution in [-0.2, 0) is 16.6 Å². The average molecular weight is 212 g/mol. The molecule has 14 heavy (non-hydrogen) atoms. The van der Waals surface area contributed by atoms with E-state index < -0.39 is 15.9 Å². The maximum absolute atomic E-state index is 11.4. The Morgan fingerprint density at radius 3 is 2.79 bits per heavy atom. The summed E-state index contributed by atoms with van der Waals surface area (Å²) in [5, 5.41) is 0. The van der Waals surface area contributed by atoms with E-state index in [-0.39, 0.29) is 17.0 Å². The zero-order valence-corrected chi connectivity index (χ0v) is 7.97. The Bertz CT molecular complexity index is 507. The van der Waals surface area contributed by atoms with Gasteiger partial charge in [-0.3, -0.25) is 4.79 Å². The number of fused-ring (bicyclic) bond motifs is 1. The van der Waals surface area contributed by atoms with Crippen LogP contribution in [0.3, 0.4) is 0 Å². The largest absolute Gasteiger partial charge is 0.366 e. The normalized spacial score (nSPS) is 17.7. The second-order valence-corrected chi connectivity index (χ2v) is 4.75. The molecule has 0 saturated heterocycles. The molecule has 0 atom stereocenters. The lowest BCUT2D eigenvalue weighted by atomic mass is 10.1. The van der Waals surface area contributed by atoms with Crippen molar-refractivity contribution in [1.29, 1.82) is 0 Å². The van der Waals surface area contributed by atoms with Crippen molar-refractivity contribution >= 4 is 15.9 Å². The summed E-state index contributed by atoms with van der Waals surface area (Å²) in [6.45, 7) is 0.275. The van der Waals surface area contributed by atoms with Crippen LogP contribution < -0.4 is 10.5 Å². The second-order valence-electron chi connectivity index (χ2n) is 3.01. The molecule has 6 heteroatoms. The number of carbonyl (C=O) groups excluding carboxylic acids is 1. The molecule has 1 aliphatic heterocycles. The maximum Gasteiger partial charge on any atom is 0.248 e. The smallest absolute Gasteiger partial charge is 0.248 e. The summed E-state index contributed by atoms with van der Waals surface area (Å²) in [5.74, 6) is -0.630. The highest BCUT2D eigenvalue weighted by molar-refractivity contribution is 7.89. The summed E-state index contributed by atoms with van der Waals surface area (Å²) in [5.41, 5.74) is 5.91. The van der Waals surface area contributed by atoms with Crippen molar-refractivity contribution in [2.75, 3.05) is 0 Å². The first-order chi connectivity index (χ1) is 6.50. The fraction of sp³-hybridized carbons (Fsp3) is 0.125. The lowest BCUT2D eigenvalue weighted by Gasteiger charge is -1.99. The highest BCUT2D eigenvalue weighted by Crippen LogP contribution is 2.22. The van der Waals surface area contributed by atoms with Gasteiger partial charge in [-0.1, -0.05) is 6.07 Å². The minimum atomic E-state index is -3.42. The lowest BCUT2D eigenvalue weighted by Crippen LogP contribution is -2.15. The first kappa shape index (κ1) is 9.17. The van der Waals surface area contributed by atoms with Crippen LogP contribution in [0.5, 0.6) is 0 Å². The number of nitrogens with one attached hydrogen (secondary N) is 1. The minimum absolute atomic E-state index is 0.147. The Morgan fingerprint density at radius 2 is 2.14 bits per heavy atom. The molecule has 1 amide bonds. The van der Waals surface area contributed by atoms with Crippen molar-refractivity contribution in [2.45, 2.75) is 11.4 Å². The van der Waals surface area contributed by atoms with E-state index in [2.05, 4.69) is 4.72 Å². The fourth-order valence-electron chi connectivity index (χ4n) is 1.35. The number of primary amides is 1. The van der Waals surface area contributed by atoms with Crippen molar-refractivity contribution in [2.24, 2.45) is 5.73 Å². The van der Waals surface area contributed by atoms with Crippen LogP contribution in [0.25, 0.3) is 0 Å². The standard InChI is InChI=1S/C8H8N2O3S/c9-8(11)5-1-2-6-4-10-14(12,13)7(6)3-5/h1-3,10H,4H2,(H2,9,11). The molecule has 0 saturated carbocycles. The molecule has 0 aromatic heterocycles. The van der Waals surface area contributed by atoms with E-state index in [4.69, 9.17) is 5.73 Å². The lowest BCUT2D eigenvalue weighted by molar-refractivity contribution is 0.1000. The van der Waals surface area contributed by atoms with Gasteiger partial charge in [0.1, 0.15) is 0 Å². The Hall–Kier alpha value is -1.40. The zero-order valence-electron chi connectivity index (χ0n) is 7.15. The summed E-state index contributed by atoms with van der Waals surface area (Å²) < 4.78 is 25.1. The van der Waals surface area contributed by atoms with Gasteiger partial charge in [0.05, 0.1) is 4.90 Å². The number of rotatable bonds is 1. The summed E-state index contributed by atoms with van der Waals surface area (Å²) in [7, 11) is -3.42. The van der Waals surface area contributed by atoms with E-state index in [0.717, 1.165) is 0 Å². The van der Waals surface area contributed by atoms with E-state index in [9.17, 15) is 13.2 Å². The Labute approximate surface area is 81.0 Å². The first-order valence-corrected chi connectivity index (χ1v) is 5.41. The number of carbonyl (C=O) groups is 1. The molecule has 5 nitrogen and oxygen atoms in total. The maximum atomic E-state index is 11.4. The fourth-order valence-corrected chi connectivity index (χ4v) is 2.62. The van der Waals surface area contributed by atoms with Crippen LogP contribution in [0.1, 0.15) is 15.9 Å². The van der Waals surface area contributed by atoms with E-state index in [1.54, 1.807) is 6.07 Å². The zero-order chi connectivity index (χ0) is 10.3. The van der Waals surface area contributed by atoms with Gasteiger partial charge < -0.3 is 5.73 Å². The highest BCUT2D eigenvalue weighted by atomic mass is 32.2. The van der Waals surface area contributed by atoms with Gasteiger partial charge in [0.2, 0.25) is 15.9 Å².